The average molecular weight is 379 g/mol. The Labute approximate surface area is 154 Å². The monoisotopic (exact) mass is 379 g/mol. The van der Waals surface area contributed by atoms with Crippen molar-refractivity contribution >= 4 is 11.9 Å². The first-order valence-corrected chi connectivity index (χ1v) is 9.32. The molecule has 1 aliphatic heterocycles. The summed E-state index contributed by atoms with van der Waals surface area (Å²) in [5.41, 5.74) is 0. The van der Waals surface area contributed by atoms with Gasteiger partial charge < -0.3 is 15.5 Å². The van der Waals surface area contributed by atoms with Gasteiger partial charge in [0.2, 0.25) is 5.91 Å². The van der Waals surface area contributed by atoms with Crippen LogP contribution in [-0.4, -0.2) is 79.2 Å². The number of nitrogens with one attached hydrogen (secondary N) is 2. The first-order valence-electron chi connectivity index (χ1n) is 9.32. The van der Waals surface area contributed by atoms with E-state index in [1.807, 2.05) is 25.7 Å². The largest absolute Gasteiger partial charge is 0.403 e. The maximum Gasteiger partial charge on any atom is 0.403 e. The Balaban J connectivity index is 2.53. The maximum absolute atomic E-state index is 12.8. The van der Waals surface area contributed by atoms with Gasteiger partial charge in [0.05, 0.1) is 6.54 Å². The number of carbonyl (C=O) groups is 1. The van der Waals surface area contributed by atoms with Crippen LogP contribution in [0.1, 0.15) is 40.5 Å². The highest BCUT2D eigenvalue weighted by atomic mass is 19.4. The summed E-state index contributed by atoms with van der Waals surface area (Å²) in [6, 6.07) is -1.29. The normalized spacial score (nSPS) is 19.2. The molecule has 1 fully saturated rings. The van der Waals surface area contributed by atoms with E-state index in [-0.39, 0.29) is 11.9 Å². The Morgan fingerprint density at radius 3 is 2.27 bits per heavy atom. The van der Waals surface area contributed by atoms with E-state index in [0.717, 1.165) is 6.42 Å². The molecule has 6 nitrogen and oxygen atoms in total. The van der Waals surface area contributed by atoms with Gasteiger partial charge in [0, 0.05) is 45.2 Å². The third-order valence-corrected chi connectivity index (χ3v) is 4.59. The van der Waals surface area contributed by atoms with Crippen molar-refractivity contribution in [1.29, 1.82) is 0 Å². The fourth-order valence-corrected chi connectivity index (χ4v) is 2.67. The number of guanidine groups is 1. The van der Waals surface area contributed by atoms with Crippen molar-refractivity contribution in [2.45, 2.75) is 58.8 Å². The van der Waals surface area contributed by atoms with Crippen molar-refractivity contribution in [2.75, 3.05) is 39.3 Å². The average Bonchev–Trinajstić information content (AvgIpc) is 2.59. The van der Waals surface area contributed by atoms with Crippen molar-refractivity contribution < 1.29 is 18.0 Å². The molecule has 2 N–H and O–H groups in total. The zero-order chi connectivity index (χ0) is 19.7. The number of hydrogen-bond acceptors (Lipinski definition) is 3. The molecule has 2 atom stereocenters. The van der Waals surface area contributed by atoms with Crippen molar-refractivity contribution in [3.05, 3.63) is 0 Å². The zero-order valence-electron chi connectivity index (χ0n) is 16.2. The quantitative estimate of drug-likeness (QED) is 0.523. The SMILES string of the molecule is CCNC(=NCCC(=O)NC(C)CC)N1CCN(C(C)C(F)(F)F)CC1. The standard InChI is InChI=1S/C17H32F3N5O/c1-5-13(3)23-15(26)7-8-22-16(21-6-2)25-11-9-24(10-12-25)14(4)17(18,19)20/h13-14H,5-12H2,1-4H3,(H,21,22)(H,23,26). The van der Waals surface area contributed by atoms with E-state index in [4.69, 9.17) is 0 Å². The van der Waals surface area contributed by atoms with Crippen molar-refractivity contribution in [1.82, 2.24) is 20.4 Å². The topological polar surface area (TPSA) is 60.0 Å². The van der Waals surface area contributed by atoms with Crippen LogP contribution < -0.4 is 10.6 Å². The highest BCUT2D eigenvalue weighted by Crippen LogP contribution is 2.25. The zero-order valence-corrected chi connectivity index (χ0v) is 16.2. The number of hydrogen-bond donors (Lipinski definition) is 2. The van der Waals surface area contributed by atoms with Gasteiger partial charge in [-0.3, -0.25) is 14.7 Å². The van der Waals surface area contributed by atoms with Crippen molar-refractivity contribution in [3.8, 4) is 0 Å². The van der Waals surface area contributed by atoms with Gasteiger partial charge in [-0.25, -0.2) is 0 Å². The van der Waals surface area contributed by atoms with Crippen molar-refractivity contribution in [3.63, 3.8) is 0 Å². The second kappa shape index (κ2) is 10.6. The molecule has 152 valence electrons. The predicted molar refractivity (Wildman–Crippen MR) is 97.2 cm³/mol. The number of rotatable bonds is 7. The molecule has 9 heteroatoms. The van der Waals surface area contributed by atoms with Gasteiger partial charge in [0.25, 0.3) is 0 Å². The molecule has 0 aromatic heterocycles. The molecular weight excluding hydrogens is 347 g/mol. The molecule has 26 heavy (non-hydrogen) atoms. The molecule has 0 aromatic rings. The molecule has 0 aliphatic carbocycles. The summed E-state index contributed by atoms with van der Waals surface area (Å²) in [6.45, 7) is 9.73. The van der Waals surface area contributed by atoms with Crippen LogP contribution in [0.15, 0.2) is 4.99 Å². The van der Waals surface area contributed by atoms with E-state index < -0.39 is 12.2 Å². The van der Waals surface area contributed by atoms with E-state index in [9.17, 15) is 18.0 Å². The molecule has 0 saturated carbocycles. The molecule has 1 rings (SSSR count). The molecular formula is C17H32F3N5O. The lowest BCUT2D eigenvalue weighted by Crippen LogP contribution is -2.56. The van der Waals surface area contributed by atoms with E-state index >= 15 is 0 Å². The Morgan fingerprint density at radius 1 is 1.15 bits per heavy atom. The Morgan fingerprint density at radius 2 is 1.77 bits per heavy atom. The third-order valence-electron chi connectivity index (χ3n) is 4.59. The van der Waals surface area contributed by atoms with Crippen LogP contribution in [0.4, 0.5) is 13.2 Å². The first-order chi connectivity index (χ1) is 12.2. The van der Waals surface area contributed by atoms with Gasteiger partial charge in [-0.15, -0.1) is 0 Å². The van der Waals surface area contributed by atoms with Crippen LogP contribution in [0, 0.1) is 0 Å². The van der Waals surface area contributed by atoms with Crippen LogP contribution in [0.25, 0.3) is 0 Å². The minimum atomic E-state index is -4.20. The number of halogens is 3. The summed E-state index contributed by atoms with van der Waals surface area (Å²) in [7, 11) is 0. The number of carbonyl (C=O) groups excluding carboxylic acids is 1. The number of aliphatic imine (C=N–C) groups is 1. The molecule has 0 spiro atoms. The third kappa shape index (κ3) is 7.39. The summed E-state index contributed by atoms with van der Waals surface area (Å²) in [5.74, 6) is 0.617. The van der Waals surface area contributed by atoms with E-state index in [2.05, 4.69) is 15.6 Å². The fourth-order valence-electron chi connectivity index (χ4n) is 2.67. The fraction of sp³-hybridized carbons (Fsp3) is 0.882. The lowest BCUT2D eigenvalue weighted by molar-refractivity contribution is -0.181. The summed E-state index contributed by atoms with van der Waals surface area (Å²) >= 11 is 0. The highest BCUT2D eigenvalue weighted by Gasteiger charge is 2.41. The van der Waals surface area contributed by atoms with Crippen LogP contribution in [0.3, 0.4) is 0 Å². The van der Waals surface area contributed by atoms with Crippen LogP contribution in [-0.2, 0) is 4.79 Å². The molecule has 2 unspecified atom stereocenters. The van der Waals surface area contributed by atoms with E-state index in [0.29, 0.717) is 51.6 Å². The van der Waals surface area contributed by atoms with Crippen LogP contribution in [0.2, 0.25) is 0 Å². The van der Waals surface area contributed by atoms with E-state index in [1.54, 1.807) is 0 Å². The minimum Gasteiger partial charge on any atom is -0.357 e. The lowest BCUT2D eigenvalue weighted by Gasteiger charge is -2.39. The Bertz CT molecular complexity index is 462. The lowest BCUT2D eigenvalue weighted by atomic mass is 10.2. The predicted octanol–water partition coefficient (Wildman–Crippen LogP) is 1.83. The number of amides is 1. The van der Waals surface area contributed by atoms with Gasteiger partial charge in [-0.2, -0.15) is 13.2 Å². The number of alkyl halides is 3. The molecule has 1 amide bonds. The molecule has 0 radical (unpaired) electrons. The second-order valence-corrected chi connectivity index (χ2v) is 6.60. The van der Waals surface area contributed by atoms with Gasteiger partial charge >= 0.3 is 6.18 Å². The molecule has 0 aromatic carbocycles. The Kier molecular flexibility index (Phi) is 9.18. The Hall–Kier alpha value is -1.51. The van der Waals surface area contributed by atoms with Gasteiger partial charge in [0.1, 0.15) is 6.04 Å². The van der Waals surface area contributed by atoms with Gasteiger partial charge in [-0.05, 0) is 27.2 Å². The highest BCUT2D eigenvalue weighted by molar-refractivity contribution is 5.81. The second-order valence-electron chi connectivity index (χ2n) is 6.60. The molecule has 1 saturated heterocycles. The smallest absolute Gasteiger partial charge is 0.357 e. The molecule has 1 aliphatic rings. The summed E-state index contributed by atoms with van der Waals surface area (Å²) in [6.07, 6.45) is -3.04. The molecule has 0 bridgehead atoms. The summed E-state index contributed by atoms with van der Waals surface area (Å²) in [5, 5.41) is 6.05. The number of nitrogens with zero attached hydrogens (tertiary/aromatic N) is 3. The minimum absolute atomic E-state index is 0.0391. The first kappa shape index (κ1) is 22.5. The van der Waals surface area contributed by atoms with Gasteiger partial charge in [0.15, 0.2) is 5.96 Å². The molecule has 1 heterocycles. The maximum atomic E-state index is 12.8. The van der Waals surface area contributed by atoms with Crippen LogP contribution in [0.5, 0.6) is 0 Å². The summed E-state index contributed by atoms with van der Waals surface area (Å²) in [4.78, 5) is 19.7. The van der Waals surface area contributed by atoms with Gasteiger partial charge in [-0.1, -0.05) is 6.92 Å². The van der Waals surface area contributed by atoms with E-state index in [1.165, 1.54) is 11.8 Å². The summed E-state index contributed by atoms with van der Waals surface area (Å²) < 4.78 is 38.5. The number of piperazine rings is 1. The van der Waals surface area contributed by atoms with Crippen LogP contribution >= 0.6 is 0 Å². The van der Waals surface area contributed by atoms with Crippen molar-refractivity contribution in [2.24, 2.45) is 4.99 Å².